The highest BCUT2D eigenvalue weighted by Gasteiger charge is 2.27. The monoisotopic (exact) mass is 457 g/mol. The molecule has 3 aromatic rings. The molecule has 32 heavy (non-hydrogen) atoms. The van der Waals surface area contributed by atoms with E-state index in [0.29, 0.717) is 43.3 Å². The molecule has 170 valence electrons. The van der Waals surface area contributed by atoms with E-state index in [1.54, 1.807) is 21.7 Å². The number of amides is 2. The summed E-state index contributed by atoms with van der Waals surface area (Å²) in [6.45, 7) is 7.18. The number of nitrogens with one attached hydrogen (secondary N) is 2. The smallest absolute Gasteiger partial charge is 0.404 e. The lowest BCUT2D eigenvalue weighted by atomic mass is 10.0. The third kappa shape index (κ3) is 4.67. The summed E-state index contributed by atoms with van der Waals surface area (Å²) in [6, 6.07) is 1.56. The summed E-state index contributed by atoms with van der Waals surface area (Å²) in [5, 5.41) is 21.1. The maximum atomic E-state index is 13.3. The molecule has 1 fully saturated rings. The number of fused-ring (bicyclic) bond motifs is 1. The number of carbonyl (C=O) groups is 2. The molecule has 0 aliphatic carbocycles. The first-order valence-electron chi connectivity index (χ1n) is 10.6. The molecule has 1 saturated heterocycles. The quantitative estimate of drug-likeness (QED) is 0.518. The predicted octanol–water partition coefficient (Wildman–Crippen LogP) is 3.33. The van der Waals surface area contributed by atoms with Gasteiger partial charge in [-0.25, -0.2) is 19.3 Å². The summed E-state index contributed by atoms with van der Waals surface area (Å²) in [5.41, 5.74) is 0.880. The molecule has 4 heterocycles. The standard InChI is InChI=1S/C21H27N7O3S/c1-4-21(2,3)26-16-11-15(18(29)27-7-5-13(6-8-27)23-20(30)31)24-17(25-16)14-12-22-28-9-10-32-19(14)28/h9-13,23H,4-8H2,1-3H3,(H,30,31)(H,24,25,26). The number of aromatic nitrogens is 4. The van der Waals surface area contributed by atoms with Gasteiger partial charge in [-0.2, -0.15) is 5.10 Å². The van der Waals surface area contributed by atoms with Crippen molar-refractivity contribution >= 4 is 34.0 Å². The number of thiazole rings is 1. The first kappa shape index (κ1) is 22.0. The minimum atomic E-state index is -1.04. The Morgan fingerprint density at radius 1 is 1.28 bits per heavy atom. The molecule has 3 N–H and O–H groups in total. The Hall–Kier alpha value is -3.21. The van der Waals surface area contributed by atoms with Gasteiger partial charge < -0.3 is 20.6 Å². The molecular weight excluding hydrogens is 430 g/mol. The molecule has 10 nitrogen and oxygen atoms in total. The molecular formula is C21H27N7O3S. The minimum Gasteiger partial charge on any atom is -0.465 e. The molecule has 0 saturated carbocycles. The number of piperidine rings is 1. The number of nitrogens with zero attached hydrogens (tertiary/aromatic N) is 5. The number of anilines is 1. The lowest BCUT2D eigenvalue weighted by Gasteiger charge is -2.32. The Labute approximate surface area is 189 Å². The fourth-order valence-corrected chi connectivity index (χ4v) is 4.41. The highest BCUT2D eigenvalue weighted by atomic mass is 32.1. The van der Waals surface area contributed by atoms with Gasteiger partial charge in [0.05, 0.1) is 11.8 Å². The summed E-state index contributed by atoms with van der Waals surface area (Å²) in [6.07, 6.45) is 4.57. The van der Waals surface area contributed by atoms with Crippen molar-refractivity contribution in [2.75, 3.05) is 18.4 Å². The van der Waals surface area contributed by atoms with Crippen molar-refractivity contribution in [3.8, 4) is 11.4 Å². The molecule has 0 bridgehead atoms. The Morgan fingerprint density at radius 3 is 2.72 bits per heavy atom. The van der Waals surface area contributed by atoms with Crippen LogP contribution in [0.1, 0.15) is 50.5 Å². The molecule has 0 unspecified atom stereocenters. The van der Waals surface area contributed by atoms with Gasteiger partial charge in [-0.3, -0.25) is 4.79 Å². The van der Waals surface area contributed by atoms with E-state index < -0.39 is 6.09 Å². The van der Waals surface area contributed by atoms with Crippen molar-refractivity contribution in [3.63, 3.8) is 0 Å². The maximum Gasteiger partial charge on any atom is 0.404 e. The highest BCUT2D eigenvalue weighted by Crippen LogP contribution is 2.28. The van der Waals surface area contributed by atoms with Crippen LogP contribution < -0.4 is 10.6 Å². The zero-order chi connectivity index (χ0) is 22.9. The second-order valence-electron chi connectivity index (χ2n) is 8.55. The van der Waals surface area contributed by atoms with E-state index in [0.717, 1.165) is 16.8 Å². The van der Waals surface area contributed by atoms with Crippen LogP contribution in [0.15, 0.2) is 23.8 Å². The number of carboxylic acid groups (broad SMARTS) is 1. The van der Waals surface area contributed by atoms with Crippen molar-refractivity contribution in [3.05, 3.63) is 29.5 Å². The van der Waals surface area contributed by atoms with Gasteiger partial charge in [0.15, 0.2) is 5.82 Å². The molecule has 3 aromatic heterocycles. The Balaban J connectivity index is 1.64. The normalized spacial score (nSPS) is 15.2. The second kappa shape index (κ2) is 8.73. The lowest BCUT2D eigenvalue weighted by Crippen LogP contribution is -2.46. The summed E-state index contributed by atoms with van der Waals surface area (Å²) in [4.78, 5) is 36.1. The van der Waals surface area contributed by atoms with E-state index in [2.05, 4.69) is 41.5 Å². The summed E-state index contributed by atoms with van der Waals surface area (Å²) in [7, 11) is 0. The third-order valence-corrected chi connectivity index (χ3v) is 6.67. The van der Waals surface area contributed by atoms with Crippen LogP contribution in [0.5, 0.6) is 0 Å². The SMILES string of the molecule is CCC(C)(C)Nc1cc(C(=O)N2CCC(NC(=O)O)CC2)nc(-c2cnn3ccsc23)n1. The van der Waals surface area contributed by atoms with Crippen molar-refractivity contribution in [1.82, 2.24) is 29.8 Å². The van der Waals surface area contributed by atoms with Crippen LogP contribution >= 0.6 is 11.3 Å². The first-order chi connectivity index (χ1) is 15.3. The van der Waals surface area contributed by atoms with E-state index in [9.17, 15) is 9.59 Å². The molecule has 0 radical (unpaired) electrons. The number of carbonyl (C=O) groups excluding carboxylic acids is 1. The third-order valence-electron chi connectivity index (χ3n) is 5.78. The maximum absolute atomic E-state index is 13.3. The predicted molar refractivity (Wildman–Crippen MR) is 122 cm³/mol. The van der Waals surface area contributed by atoms with Gasteiger partial charge >= 0.3 is 6.09 Å². The molecule has 1 aliphatic rings. The van der Waals surface area contributed by atoms with Gasteiger partial charge in [-0.1, -0.05) is 6.92 Å². The first-order valence-corrected chi connectivity index (χ1v) is 11.5. The van der Waals surface area contributed by atoms with Crippen LogP contribution in [0.2, 0.25) is 0 Å². The largest absolute Gasteiger partial charge is 0.465 e. The van der Waals surface area contributed by atoms with Gasteiger partial charge in [0.25, 0.3) is 5.91 Å². The van der Waals surface area contributed by atoms with Crippen LogP contribution in [0.4, 0.5) is 10.6 Å². The van der Waals surface area contributed by atoms with E-state index in [-0.39, 0.29) is 17.5 Å². The van der Waals surface area contributed by atoms with Crippen LogP contribution in [-0.2, 0) is 0 Å². The average Bonchev–Trinajstić information content (AvgIpc) is 3.37. The number of hydrogen-bond donors (Lipinski definition) is 3. The molecule has 0 atom stereocenters. The van der Waals surface area contributed by atoms with Gasteiger partial charge in [0.2, 0.25) is 0 Å². The average molecular weight is 458 g/mol. The molecule has 11 heteroatoms. The molecule has 1 aliphatic heterocycles. The number of hydrogen-bond acceptors (Lipinski definition) is 7. The summed E-state index contributed by atoms with van der Waals surface area (Å²) < 4.78 is 1.77. The number of likely N-dealkylation sites (tertiary alicyclic amines) is 1. The van der Waals surface area contributed by atoms with E-state index in [1.807, 2.05) is 11.6 Å². The van der Waals surface area contributed by atoms with Gasteiger partial charge in [-0.05, 0) is 33.1 Å². The molecule has 4 rings (SSSR count). The molecule has 2 amide bonds. The summed E-state index contributed by atoms with van der Waals surface area (Å²) >= 11 is 1.54. The van der Waals surface area contributed by atoms with E-state index >= 15 is 0 Å². The van der Waals surface area contributed by atoms with Crippen LogP contribution in [0.3, 0.4) is 0 Å². The van der Waals surface area contributed by atoms with Crippen molar-refractivity contribution < 1.29 is 14.7 Å². The lowest BCUT2D eigenvalue weighted by molar-refractivity contribution is 0.0700. The Bertz CT molecular complexity index is 1130. The van der Waals surface area contributed by atoms with Crippen molar-refractivity contribution in [1.29, 1.82) is 0 Å². The van der Waals surface area contributed by atoms with Gasteiger partial charge in [0.1, 0.15) is 16.3 Å². The Kier molecular flexibility index (Phi) is 6.00. The van der Waals surface area contributed by atoms with Crippen molar-refractivity contribution in [2.45, 2.75) is 51.6 Å². The minimum absolute atomic E-state index is 0.139. The van der Waals surface area contributed by atoms with E-state index in [1.165, 1.54) is 11.3 Å². The van der Waals surface area contributed by atoms with Crippen LogP contribution in [-0.4, -0.2) is 66.3 Å². The highest BCUT2D eigenvalue weighted by molar-refractivity contribution is 7.16. The Morgan fingerprint density at radius 2 is 2.03 bits per heavy atom. The van der Waals surface area contributed by atoms with Gasteiger partial charge in [-0.15, -0.1) is 11.3 Å². The van der Waals surface area contributed by atoms with Gasteiger partial charge in [0, 0.05) is 42.3 Å². The topological polar surface area (TPSA) is 125 Å². The zero-order valence-corrected chi connectivity index (χ0v) is 19.1. The molecule has 0 aromatic carbocycles. The van der Waals surface area contributed by atoms with Crippen LogP contribution in [0.25, 0.3) is 16.2 Å². The number of rotatable bonds is 6. The molecule has 0 spiro atoms. The van der Waals surface area contributed by atoms with E-state index in [4.69, 9.17) is 10.1 Å². The van der Waals surface area contributed by atoms with Crippen LogP contribution in [0, 0.1) is 0 Å². The fraction of sp³-hybridized carbons (Fsp3) is 0.476. The fourth-order valence-electron chi connectivity index (χ4n) is 3.62. The van der Waals surface area contributed by atoms with Crippen molar-refractivity contribution in [2.24, 2.45) is 0 Å². The summed E-state index contributed by atoms with van der Waals surface area (Å²) in [5.74, 6) is 0.850. The zero-order valence-electron chi connectivity index (χ0n) is 18.3. The second-order valence-corrected chi connectivity index (χ2v) is 9.45.